The van der Waals surface area contributed by atoms with Gasteiger partial charge in [-0.2, -0.15) is 0 Å². The summed E-state index contributed by atoms with van der Waals surface area (Å²) in [6, 6.07) is 39.2. The van der Waals surface area contributed by atoms with Crippen LogP contribution in [0.2, 0.25) is 0 Å². The van der Waals surface area contributed by atoms with Crippen LogP contribution in [0, 0.1) is 0 Å². The predicted molar refractivity (Wildman–Crippen MR) is 190 cm³/mol. The van der Waals surface area contributed by atoms with Crippen molar-refractivity contribution >= 4 is 63.1 Å². The van der Waals surface area contributed by atoms with Gasteiger partial charge < -0.3 is 15.4 Å². The number of carbonyl (C=O) groups excluding carboxylic acids is 3. The molecule has 1 aromatic heterocycles. The minimum atomic E-state index is -0.503. The molecule has 2 amide bonds. The summed E-state index contributed by atoms with van der Waals surface area (Å²) in [5.41, 5.74) is 3.39. The third kappa shape index (κ3) is 6.98. The Hall–Kier alpha value is -5.60. The predicted octanol–water partition coefficient (Wildman–Crippen LogP) is 8.42. The maximum atomic E-state index is 13.9. The molecule has 0 spiro atoms. The summed E-state index contributed by atoms with van der Waals surface area (Å²) in [6.07, 6.45) is 1.60. The van der Waals surface area contributed by atoms with Gasteiger partial charge in [-0.3, -0.25) is 19.0 Å². The van der Waals surface area contributed by atoms with E-state index in [2.05, 4.69) is 10.6 Å². The van der Waals surface area contributed by atoms with Crippen molar-refractivity contribution in [2.24, 2.45) is 0 Å². The summed E-state index contributed by atoms with van der Waals surface area (Å²) in [6.45, 7) is 4.22. The van der Waals surface area contributed by atoms with E-state index in [9.17, 15) is 14.4 Å². The van der Waals surface area contributed by atoms with E-state index >= 15 is 0 Å². The zero-order chi connectivity index (χ0) is 32.8. The van der Waals surface area contributed by atoms with E-state index in [1.165, 1.54) is 11.8 Å². The third-order valence-corrected chi connectivity index (χ3v) is 8.68. The first kappa shape index (κ1) is 31.4. The molecule has 0 aliphatic carbocycles. The van der Waals surface area contributed by atoms with E-state index in [0.717, 1.165) is 26.7 Å². The van der Waals surface area contributed by atoms with Crippen molar-refractivity contribution in [1.29, 1.82) is 0 Å². The van der Waals surface area contributed by atoms with Crippen LogP contribution in [0.3, 0.4) is 0 Å². The van der Waals surface area contributed by atoms with Crippen molar-refractivity contribution in [2.45, 2.75) is 24.0 Å². The quantitative estimate of drug-likeness (QED) is 0.116. The molecular weight excluding hydrogens is 607 g/mol. The molecule has 1 unspecified atom stereocenters. The molecule has 47 heavy (non-hydrogen) atoms. The van der Waals surface area contributed by atoms with Gasteiger partial charge in [-0.15, -0.1) is 11.8 Å². The Morgan fingerprint density at radius 1 is 0.787 bits per heavy atom. The smallest absolute Gasteiger partial charge is 0.272 e. The van der Waals surface area contributed by atoms with Crippen LogP contribution in [0.1, 0.15) is 34.6 Å². The molecule has 0 saturated carbocycles. The van der Waals surface area contributed by atoms with Crippen LogP contribution in [0.5, 0.6) is 5.75 Å². The summed E-state index contributed by atoms with van der Waals surface area (Å²) in [7, 11) is 0. The van der Waals surface area contributed by atoms with Crippen molar-refractivity contribution in [3.05, 3.63) is 144 Å². The first-order chi connectivity index (χ1) is 22.9. The lowest BCUT2D eigenvalue weighted by molar-refractivity contribution is -0.113. The van der Waals surface area contributed by atoms with E-state index in [1.54, 1.807) is 41.0 Å². The number of anilines is 1. The highest BCUT2D eigenvalue weighted by molar-refractivity contribution is 8.00. The lowest BCUT2D eigenvalue weighted by atomic mass is 10.1. The number of carbonyl (C=O) groups is 3. The zero-order valence-electron chi connectivity index (χ0n) is 26.0. The molecule has 8 heteroatoms. The monoisotopic (exact) mass is 639 g/mol. The standard InChI is InChI=1S/C39H33N3O4S/c1-3-46-36-23-12-7-16-28(36)24-33(41-37(43)27-14-5-4-6-15-27)38(44)40-29-17-13-18-30(25-29)47-26(2)39(45)42-34-21-10-8-19-31(34)32-20-9-11-22-35(32)42/h4-26H,3H2,1-2H3,(H,40,44)(H,41,43)/b33-24+. The Balaban J connectivity index is 1.24. The summed E-state index contributed by atoms with van der Waals surface area (Å²) in [5.74, 6) is -0.363. The molecular formula is C39H33N3O4S. The molecule has 1 atom stereocenters. The van der Waals surface area contributed by atoms with Crippen molar-refractivity contribution in [3.8, 4) is 5.75 Å². The van der Waals surface area contributed by atoms with Gasteiger partial charge in [0, 0.05) is 32.5 Å². The minimum absolute atomic E-state index is 0.0383. The Labute approximate surface area is 277 Å². The van der Waals surface area contributed by atoms with Crippen molar-refractivity contribution < 1.29 is 19.1 Å². The molecule has 6 aromatic rings. The highest BCUT2D eigenvalue weighted by Crippen LogP contribution is 2.32. The highest BCUT2D eigenvalue weighted by atomic mass is 32.2. The Morgan fingerprint density at radius 2 is 1.43 bits per heavy atom. The number of nitrogens with one attached hydrogen (secondary N) is 2. The Kier molecular flexibility index (Phi) is 9.50. The molecule has 234 valence electrons. The van der Waals surface area contributed by atoms with E-state index < -0.39 is 17.1 Å². The molecule has 2 N–H and O–H groups in total. The molecule has 1 heterocycles. The van der Waals surface area contributed by atoms with Gasteiger partial charge in [0.15, 0.2) is 0 Å². The topological polar surface area (TPSA) is 89.4 Å². The molecule has 0 saturated heterocycles. The normalized spacial score (nSPS) is 12.1. The summed E-state index contributed by atoms with van der Waals surface area (Å²) >= 11 is 1.41. The SMILES string of the molecule is CCOc1ccccc1/C=C(/NC(=O)c1ccccc1)C(=O)Nc1cccc(SC(C)C(=O)n2c3ccccc3c3ccccc32)c1. The Morgan fingerprint density at radius 3 is 2.13 bits per heavy atom. The fourth-order valence-corrected chi connectivity index (χ4v) is 6.39. The zero-order valence-corrected chi connectivity index (χ0v) is 26.8. The summed E-state index contributed by atoms with van der Waals surface area (Å²) in [5, 5.41) is 7.35. The van der Waals surface area contributed by atoms with Crippen LogP contribution in [0.4, 0.5) is 5.69 Å². The summed E-state index contributed by atoms with van der Waals surface area (Å²) in [4.78, 5) is 41.5. The first-order valence-electron chi connectivity index (χ1n) is 15.3. The van der Waals surface area contributed by atoms with Crippen LogP contribution < -0.4 is 15.4 Å². The molecule has 5 aromatic carbocycles. The number of aromatic nitrogens is 1. The van der Waals surface area contributed by atoms with Crippen LogP contribution in [-0.4, -0.2) is 34.1 Å². The average Bonchev–Trinajstić information content (AvgIpc) is 3.43. The third-order valence-electron chi connectivity index (χ3n) is 7.60. The molecule has 0 radical (unpaired) electrons. The summed E-state index contributed by atoms with van der Waals surface area (Å²) < 4.78 is 7.54. The fraction of sp³-hybridized carbons (Fsp3) is 0.103. The second-order valence-corrected chi connectivity index (χ2v) is 12.2. The maximum absolute atomic E-state index is 13.9. The van der Waals surface area contributed by atoms with Crippen LogP contribution >= 0.6 is 11.8 Å². The number of hydrogen-bond donors (Lipinski definition) is 2. The average molecular weight is 640 g/mol. The van der Waals surface area contributed by atoms with Gasteiger partial charge in [-0.05, 0) is 68.5 Å². The van der Waals surface area contributed by atoms with Gasteiger partial charge in [0.1, 0.15) is 11.4 Å². The van der Waals surface area contributed by atoms with Crippen LogP contribution in [0.25, 0.3) is 27.9 Å². The number of thioether (sulfide) groups is 1. The molecule has 0 fully saturated rings. The van der Waals surface area contributed by atoms with Gasteiger partial charge in [0.2, 0.25) is 5.91 Å². The number of ether oxygens (including phenoxy) is 1. The number of fused-ring (bicyclic) bond motifs is 3. The highest BCUT2D eigenvalue weighted by Gasteiger charge is 2.22. The Bertz CT molecular complexity index is 2070. The number of rotatable bonds is 10. The fourth-order valence-electron chi connectivity index (χ4n) is 5.43. The van der Waals surface area contributed by atoms with Gasteiger partial charge in [-0.25, -0.2) is 0 Å². The number of para-hydroxylation sites is 3. The van der Waals surface area contributed by atoms with Crippen molar-refractivity contribution in [2.75, 3.05) is 11.9 Å². The van der Waals surface area contributed by atoms with Gasteiger partial charge in [-0.1, -0.05) is 78.9 Å². The van der Waals surface area contributed by atoms with Gasteiger partial charge in [0.25, 0.3) is 11.8 Å². The first-order valence-corrected chi connectivity index (χ1v) is 16.2. The maximum Gasteiger partial charge on any atom is 0.272 e. The number of benzene rings is 5. The largest absolute Gasteiger partial charge is 0.493 e. The number of nitrogens with zero attached hydrogens (tertiary/aromatic N) is 1. The van der Waals surface area contributed by atoms with Crippen LogP contribution in [0.15, 0.2) is 138 Å². The van der Waals surface area contributed by atoms with Gasteiger partial charge in [0.05, 0.1) is 22.9 Å². The molecule has 0 aliphatic heterocycles. The second-order valence-electron chi connectivity index (χ2n) is 10.8. The van der Waals surface area contributed by atoms with Crippen molar-refractivity contribution in [3.63, 3.8) is 0 Å². The minimum Gasteiger partial charge on any atom is -0.493 e. The van der Waals surface area contributed by atoms with Crippen molar-refractivity contribution in [1.82, 2.24) is 9.88 Å². The molecule has 0 aliphatic rings. The number of hydrogen-bond acceptors (Lipinski definition) is 5. The molecule has 0 bridgehead atoms. The number of amides is 2. The second kappa shape index (κ2) is 14.2. The van der Waals surface area contributed by atoms with Gasteiger partial charge >= 0.3 is 0 Å². The van der Waals surface area contributed by atoms with E-state index in [4.69, 9.17) is 4.74 Å². The van der Waals surface area contributed by atoms with E-state index in [-0.39, 0.29) is 11.6 Å². The molecule has 7 nitrogen and oxygen atoms in total. The lowest BCUT2D eigenvalue weighted by Gasteiger charge is -2.15. The van der Waals surface area contributed by atoms with Crippen LogP contribution in [-0.2, 0) is 4.79 Å². The lowest BCUT2D eigenvalue weighted by Crippen LogP contribution is -2.30. The van der Waals surface area contributed by atoms with E-state index in [0.29, 0.717) is 29.2 Å². The molecule has 6 rings (SSSR count). The van der Waals surface area contributed by atoms with E-state index in [1.807, 2.05) is 111 Å².